The van der Waals surface area contributed by atoms with E-state index in [0.29, 0.717) is 0 Å². The average molecular weight is 263 g/mol. The minimum absolute atomic E-state index is 0.0231. The fraction of sp³-hybridized carbons (Fsp3) is 0.462. The Kier molecular flexibility index (Phi) is 3.99. The molecule has 1 aromatic rings. The van der Waals surface area contributed by atoms with Gasteiger partial charge < -0.3 is 15.7 Å². The molecular weight excluding hydrogens is 246 g/mol. The van der Waals surface area contributed by atoms with E-state index in [-0.39, 0.29) is 24.0 Å². The van der Waals surface area contributed by atoms with Gasteiger partial charge in [-0.25, -0.2) is 4.98 Å². The van der Waals surface area contributed by atoms with Crippen LogP contribution in [0.1, 0.15) is 36.2 Å². The van der Waals surface area contributed by atoms with Crippen LogP contribution < -0.4 is 5.73 Å². The fourth-order valence-corrected chi connectivity index (χ4v) is 2.46. The zero-order valence-electron chi connectivity index (χ0n) is 10.6. The normalized spacial score (nSPS) is 15.4. The second kappa shape index (κ2) is 5.69. The van der Waals surface area contributed by atoms with Gasteiger partial charge in [0.1, 0.15) is 6.54 Å². The SMILES string of the molecule is Nc1cccnc1C(=O)N(CC(=O)O)C1CCCC1. The smallest absolute Gasteiger partial charge is 0.323 e. The number of aliphatic carboxylic acids is 1. The highest BCUT2D eigenvalue weighted by atomic mass is 16.4. The molecule has 19 heavy (non-hydrogen) atoms. The summed E-state index contributed by atoms with van der Waals surface area (Å²) in [5.41, 5.74) is 6.14. The first-order valence-electron chi connectivity index (χ1n) is 6.33. The van der Waals surface area contributed by atoms with Crippen LogP contribution in [-0.2, 0) is 4.79 Å². The van der Waals surface area contributed by atoms with Crippen LogP contribution in [0.5, 0.6) is 0 Å². The lowest BCUT2D eigenvalue weighted by Gasteiger charge is -2.27. The van der Waals surface area contributed by atoms with E-state index in [2.05, 4.69) is 4.98 Å². The number of carbonyl (C=O) groups excluding carboxylic acids is 1. The number of nitrogens with two attached hydrogens (primary N) is 1. The number of carboxylic acid groups (broad SMARTS) is 1. The molecule has 1 fully saturated rings. The second-order valence-electron chi connectivity index (χ2n) is 4.71. The summed E-state index contributed by atoms with van der Waals surface area (Å²) in [7, 11) is 0. The van der Waals surface area contributed by atoms with Crippen molar-refractivity contribution in [1.29, 1.82) is 0 Å². The Morgan fingerprint density at radius 2 is 2.11 bits per heavy atom. The zero-order valence-corrected chi connectivity index (χ0v) is 10.6. The van der Waals surface area contributed by atoms with Crippen molar-refractivity contribution >= 4 is 17.6 Å². The molecule has 0 aromatic carbocycles. The van der Waals surface area contributed by atoms with E-state index >= 15 is 0 Å². The van der Waals surface area contributed by atoms with Gasteiger partial charge in [-0.2, -0.15) is 0 Å². The number of nitrogens with zero attached hydrogens (tertiary/aromatic N) is 2. The minimum atomic E-state index is -1.02. The maximum atomic E-state index is 12.4. The third kappa shape index (κ3) is 3.01. The molecule has 1 saturated carbocycles. The predicted octanol–water partition coefficient (Wildman–Crippen LogP) is 1.13. The number of aromatic nitrogens is 1. The van der Waals surface area contributed by atoms with E-state index in [4.69, 9.17) is 10.8 Å². The Hall–Kier alpha value is -2.11. The largest absolute Gasteiger partial charge is 0.480 e. The Labute approximate surface area is 111 Å². The van der Waals surface area contributed by atoms with Crippen molar-refractivity contribution in [1.82, 2.24) is 9.88 Å². The molecule has 102 valence electrons. The molecule has 0 bridgehead atoms. The number of nitrogen functional groups attached to an aromatic ring is 1. The number of rotatable bonds is 4. The average Bonchev–Trinajstić information content (AvgIpc) is 2.89. The highest BCUT2D eigenvalue weighted by Gasteiger charge is 2.30. The van der Waals surface area contributed by atoms with Gasteiger partial charge in [0.2, 0.25) is 0 Å². The second-order valence-corrected chi connectivity index (χ2v) is 4.71. The summed E-state index contributed by atoms with van der Waals surface area (Å²) in [5, 5.41) is 8.96. The lowest BCUT2D eigenvalue weighted by atomic mass is 10.1. The fourth-order valence-electron chi connectivity index (χ4n) is 2.46. The van der Waals surface area contributed by atoms with Crippen LogP contribution in [0, 0.1) is 0 Å². The number of carbonyl (C=O) groups is 2. The summed E-state index contributed by atoms with van der Waals surface area (Å²) in [6.45, 7) is -0.306. The van der Waals surface area contributed by atoms with Gasteiger partial charge >= 0.3 is 5.97 Å². The van der Waals surface area contributed by atoms with E-state index in [9.17, 15) is 9.59 Å². The van der Waals surface area contributed by atoms with Crippen molar-refractivity contribution < 1.29 is 14.7 Å². The molecular formula is C13H17N3O3. The van der Waals surface area contributed by atoms with E-state index in [1.54, 1.807) is 12.1 Å². The molecule has 3 N–H and O–H groups in total. The molecule has 0 saturated heterocycles. The number of carboxylic acids is 1. The van der Waals surface area contributed by atoms with E-state index in [1.807, 2.05) is 0 Å². The van der Waals surface area contributed by atoms with Gasteiger partial charge in [-0.1, -0.05) is 12.8 Å². The first kappa shape index (κ1) is 13.3. The summed E-state index contributed by atoms with van der Waals surface area (Å²) >= 11 is 0. The van der Waals surface area contributed by atoms with Gasteiger partial charge in [-0.05, 0) is 25.0 Å². The third-order valence-corrected chi connectivity index (χ3v) is 3.37. The Morgan fingerprint density at radius 1 is 1.42 bits per heavy atom. The molecule has 1 aromatic heterocycles. The molecule has 1 heterocycles. The van der Waals surface area contributed by atoms with Crippen molar-refractivity contribution in [2.24, 2.45) is 0 Å². The van der Waals surface area contributed by atoms with Gasteiger partial charge in [-0.15, -0.1) is 0 Å². The number of hydrogen-bond donors (Lipinski definition) is 2. The van der Waals surface area contributed by atoms with Crippen molar-refractivity contribution in [3.63, 3.8) is 0 Å². The predicted molar refractivity (Wildman–Crippen MR) is 69.6 cm³/mol. The molecule has 0 radical (unpaired) electrons. The quantitative estimate of drug-likeness (QED) is 0.848. The van der Waals surface area contributed by atoms with E-state index < -0.39 is 11.9 Å². The van der Waals surface area contributed by atoms with Gasteiger partial charge in [0.25, 0.3) is 5.91 Å². The topological polar surface area (TPSA) is 96.5 Å². The van der Waals surface area contributed by atoms with Crippen LogP contribution >= 0.6 is 0 Å². The Balaban J connectivity index is 2.24. The van der Waals surface area contributed by atoms with Crippen LogP contribution in [0.2, 0.25) is 0 Å². The maximum absolute atomic E-state index is 12.4. The van der Waals surface area contributed by atoms with E-state index in [1.165, 1.54) is 11.1 Å². The first-order chi connectivity index (χ1) is 9.09. The Morgan fingerprint density at radius 3 is 2.68 bits per heavy atom. The van der Waals surface area contributed by atoms with Gasteiger partial charge in [-0.3, -0.25) is 9.59 Å². The molecule has 0 spiro atoms. The molecule has 2 rings (SSSR count). The van der Waals surface area contributed by atoms with Crippen LogP contribution in [-0.4, -0.2) is 39.5 Å². The van der Waals surface area contributed by atoms with Crippen molar-refractivity contribution in [2.75, 3.05) is 12.3 Å². The van der Waals surface area contributed by atoms with Crippen molar-refractivity contribution in [3.05, 3.63) is 24.0 Å². The van der Waals surface area contributed by atoms with Crippen LogP contribution in [0.15, 0.2) is 18.3 Å². The number of amides is 1. The monoisotopic (exact) mass is 263 g/mol. The van der Waals surface area contributed by atoms with Crippen LogP contribution in [0.25, 0.3) is 0 Å². The van der Waals surface area contributed by atoms with Crippen LogP contribution in [0.4, 0.5) is 5.69 Å². The summed E-state index contributed by atoms with van der Waals surface area (Å²) in [6, 6.07) is 3.21. The summed E-state index contributed by atoms with van der Waals surface area (Å²) < 4.78 is 0. The molecule has 0 unspecified atom stereocenters. The number of pyridine rings is 1. The molecule has 1 aliphatic carbocycles. The Bertz CT molecular complexity index is 484. The summed E-state index contributed by atoms with van der Waals surface area (Å²) in [5.74, 6) is -1.41. The summed E-state index contributed by atoms with van der Waals surface area (Å²) in [6.07, 6.45) is 5.20. The van der Waals surface area contributed by atoms with Crippen LogP contribution in [0.3, 0.4) is 0 Å². The summed E-state index contributed by atoms with van der Waals surface area (Å²) in [4.78, 5) is 28.7. The highest BCUT2D eigenvalue weighted by Crippen LogP contribution is 2.25. The van der Waals surface area contributed by atoms with Crippen molar-refractivity contribution in [3.8, 4) is 0 Å². The number of anilines is 1. The highest BCUT2D eigenvalue weighted by molar-refractivity contribution is 5.98. The lowest BCUT2D eigenvalue weighted by molar-refractivity contribution is -0.138. The maximum Gasteiger partial charge on any atom is 0.323 e. The third-order valence-electron chi connectivity index (χ3n) is 3.37. The molecule has 6 heteroatoms. The first-order valence-corrected chi connectivity index (χ1v) is 6.33. The van der Waals surface area contributed by atoms with E-state index in [0.717, 1.165) is 25.7 Å². The lowest BCUT2D eigenvalue weighted by Crippen LogP contribution is -2.42. The van der Waals surface area contributed by atoms with Gasteiger partial charge in [0.15, 0.2) is 5.69 Å². The van der Waals surface area contributed by atoms with Gasteiger partial charge in [0.05, 0.1) is 5.69 Å². The minimum Gasteiger partial charge on any atom is -0.480 e. The molecule has 0 aliphatic heterocycles. The molecule has 0 atom stereocenters. The van der Waals surface area contributed by atoms with Gasteiger partial charge in [0, 0.05) is 12.2 Å². The molecule has 1 aliphatic rings. The molecule has 6 nitrogen and oxygen atoms in total. The molecule has 1 amide bonds. The zero-order chi connectivity index (χ0) is 13.8. The van der Waals surface area contributed by atoms with Crippen molar-refractivity contribution in [2.45, 2.75) is 31.7 Å². The standard InChI is InChI=1S/C13H17N3O3/c14-10-6-3-7-15-12(10)13(19)16(8-11(17)18)9-4-1-2-5-9/h3,6-7,9H,1-2,4-5,8,14H2,(H,17,18). The number of hydrogen-bond acceptors (Lipinski definition) is 4.